The minimum absolute atomic E-state index is 0.350. The summed E-state index contributed by atoms with van der Waals surface area (Å²) in [5.74, 6) is -0.741. The largest absolute Gasteiger partial charge is 0.394 e. The number of aliphatic hydroxyl groups is 6. The molecule has 0 saturated carbocycles. The molecule has 5 atom stereocenters. The first-order chi connectivity index (χ1) is 15.3. The van der Waals surface area contributed by atoms with Crippen LogP contribution in [0.3, 0.4) is 0 Å². The Balaban J connectivity index is 0.000000297. The van der Waals surface area contributed by atoms with Crippen LogP contribution in [-0.4, -0.2) is 68.8 Å². The highest BCUT2D eigenvalue weighted by atomic mass is 16.3. The van der Waals surface area contributed by atoms with Crippen LogP contribution in [0.15, 0.2) is 93.7 Å². The van der Waals surface area contributed by atoms with Crippen LogP contribution < -0.4 is 0 Å². The standard InChI is InChI=1S/C18H26O6.C8H6/c1-9(15(22)6-19)13-4-11-3-12(17(24)8-21)5-14(11)18(13)10(2)16(23)7-20;1-3-7-5-2-6-8(7)4-1/h3-5,9-10,15-17,19-24H,6-8H2,1-2H3;1-6H. The van der Waals surface area contributed by atoms with E-state index < -0.39 is 30.8 Å². The van der Waals surface area contributed by atoms with Gasteiger partial charge >= 0.3 is 0 Å². The Morgan fingerprint density at radius 1 is 0.688 bits per heavy atom. The predicted molar refractivity (Wildman–Crippen MR) is 123 cm³/mol. The third-order valence-electron chi connectivity index (χ3n) is 6.32. The van der Waals surface area contributed by atoms with Crippen molar-refractivity contribution in [2.75, 3.05) is 19.8 Å². The molecule has 6 heteroatoms. The second-order valence-corrected chi connectivity index (χ2v) is 8.41. The molecule has 0 aromatic rings. The fourth-order valence-corrected chi connectivity index (χ4v) is 4.21. The van der Waals surface area contributed by atoms with Crippen LogP contribution in [0.1, 0.15) is 13.8 Å². The predicted octanol–water partition coefficient (Wildman–Crippen LogP) is 1.40. The zero-order valence-electron chi connectivity index (χ0n) is 18.4. The minimum Gasteiger partial charge on any atom is -0.394 e. The van der Waals surface area contributed by atoms with Crippen molar-refractivity contribution < 1.29 is 30.6 Å². The first-order valence-electron chi connectivity index (χ1n) is 10.9. The van der Waals surface area contributed by atoms with Crippen LogP contribution in [0, 0.1) is 11.8 Å². The lowest BCUT2D eigenvalue weighted by Crippen LogP contribution is -2.29. The van der Waals surface area contributed by atoms with E-state index in [1.54, 1.807) is 26.0 Å². The van der Waals surface area contributed by atoms with Crippen LogP contribution in [-0.2, 0) is 0 Å². The summed E-state index contributed by atoms with van der Waals surface area (Å²) >= 11 is 0. The number of allylic oxidation sites excluding steroid dienone is 12. The summed E-state index contributed by atoms with van der Waals surface area (Å²) in [6, 6.07) is 0. The molecule has 32 heavy (non-hydrogen) atoms. The summed E-state index contributed by atoms with van der Waals surface area (Å²) in [5, 5.41) is 57.5. The van der Waals surface area contributed by atoms with Crippen molar-refractivity contribution in [3.8, 4) is 0 Å². The quantitative estimate of drug-likeness (QED) is 0.339. The number of rotatable bonds is 8. The molecule has 0 aromatic heterocycles. The molecule has 0 heterocycles. The van der Waals surface area contributed by atoms with E-state index in [1.165, 1.54) is 11.1 Å². The Kier molecular flexibility index (Phi) is 8.00. The molecule has 0 spiro atoms. The Labute approximate surface area is 188 Å². The van der Waals surface area contributed by atoms with Crippen molar-refractivity contribution in [2.45, 2.75) is 32.2 Å². The lowest BCUT2D eigenvalue weighted by atomic mass is 9.82. The van der Waals surface area contributed by atoms with E-state index in [4.69, 9.17) is 5.11 Å². The zero-order chi connectivity index (χ0) is 23.4. The van der Waals surface area contributed by atoms with Gasteiger partial charge in [-0.25, -0.2) is 0 Å². The van der Waals surface area contributed by atoms with Gasteiger partial charge in [-0.1, -0.05) is 56.4 Å². The van der Waals surface area contributed by atoms with E-state index in [9.17, 15) is 25.5 Å². The van der Waals surface area contributed by atoms with Gasteiger partial charge in [0, 0.05) is 11.8 Å². The van der Waals surface area contributed by atoms with Crippen molar-refractivity contribution in [1.29, 1.82) is 0 Å². The van der Waals surface area contributed by atoms with Gasteiger partial charge in [0.25, 0.3) is 0 Å². The van der Waals surface area contributed by atoms with Gasteiger partial charge in [-0.15, -0.1) is 0 Å². The SMILES string of the molecule is C1=CC2=CC=CC2=C1.CC(C1=CC2=CC(C(O)CO)=CC2=C1C(C)C(O)CO)C(O)CO. The van der Waals surface area contributed by atoms with Gasteiger partial charge in [-0.2, -0.15) is 0 Å². The molecule has 0 amide bonds. The van der Waals surface area contributed by atoms with Gasteiger partial charge in [-0.05, 0) is 51.2 Å². The van der Waals surface area contributed by atoms with E-state index >= 15 is 0 Å². The summed E-state index contributed by atoms with van der Waals surface area (Å²) in [6.07, 6.45) is 15.1. The van der Waals surface area contributed by atoms with Crippen LogP contribution in [0.25, 0.3) is 0 Å². The minimum atomic E-state index is -0.979. The molecule has 4 aliphatic carbocycles. The van der Waals surface area contributed by atoms with Crippen molar-refractivity contribution in [1.82, 2.24) is 0 Å². The van der Waals surface area contributed by atoms with Gasteiger partial charge in [-0.3, -0.25) is 0 Å². The Bertz CT molecular complexity index is 946. The van der Waals surface area contributed by atoms with Crippen LogP contribution >= 0.6 is 0 Å². The maximum Gasteiger partial charge on any atom is 0.102 e. The molecular weight excluding hydrogens is 408 g/mol. The molecule has 5 unspecified atom stereocenters. The number of fused-ring (bicyclic) bond motifs is 2. The van der Waals surface area contributed by atoms with E-state index in [2.05, 4.69) is 36.5 Å². The highest BCUT2D eigenvalue weighted by molar-refractivity contribution is 5.70. The van der Waals surface area contributed by atoms with Crippen LogP contribution in [0.4, 0.5) is 0 Å². The average molecular weight is 441 g/mol. The summed E-state index contributed by atoms with van der Waals surface area (Å²) in [5.41, 5.74) is 6.50. The van der Waals surface area contributed by atoms with E-state index in [-0.39, 0.29) is 19.1 Å². The number of aliphatic hydroxyl groups excluding tert-OH is 6. The van der Waals surface area contributed by atoms with Crippen LogP contribution in [0.5, 0.6) is 0 Å². The molecule has 0 aromatic carbocycles. The maximum atomic E-state index is 10.1. The highest BCUT2D eigenvalue weighted by Crippen LogP contribution is 2.45. The van der Waals surface area contributed by atoms with E-state index in [0.717, 1.165) is 22.3 Å². The summed E-state index contributed by atoms with van der Waals surface area (Å²) in [7, 11) is 0. The molecule has 4 rings (SSSR count). The summed E-state index contributed by atoms with van der Waals surface area (Å²) in [6.45, 7) is 2.42. The molecule has 6 N–H and O–H groups in total. The molecule has 0 fully saturated rings. The van der Waals surface area contributed by atoms with Gasteiger partial charge in [0.15, 0.2) is 0 Å². The van der Waals surface area contributed by atoms with Gasteiger partial charge in [0.05, 0.1) is 32.0 Å². The first kappa shape index (κ1) is 24.3. The van der Waals surface area contributed by atoms with Crippen LogP contribution in [0.2, 0.25) is 0 Å². The number of hydrogen-bond acceptors (Lipinski definition) is 6. The fourth-order valence-electron chi connectivity index (χ4n) is 4.21. The second-order valence-electron chi connectivity index (χ2n) is 8.41. The fraction of sp³-hybridized carbons (Fsp3) is 0.385. The summed E-state index contributed by atoms with van der Waals surface area (Å²) < 4.78 is 0. The summed E-state index contributed by atoms with van der Waals surface area (Å²) in [4.78, 5) is 0. The van der Waals surface area contributed by atoms with Crippen molar-refractivity contribution in [3.63, 3.8) is 0 Å². The second kappa shape index (κ2) is 10.5. The zero-order valence-corrected chi connectivity index (χ0v) is 18.4. The lowest BCUT2D eigenvalue weighted by molar-refractivity contribution is 0.0574. The highest BCUT2D eigenvalue weighted by Gasteiger charge is 2.35. The Morgan fingerprint density at radius 2 is 1.25 bits per heavy atom. The van der Waals surface area contributed by atoms with Crippen molar-refractivity contribution in [2.24, 2.45) is 11.8 Å². The number of hydrogen-bond donors (Lipinski definition) is 6. The molecule has 0 radical (unpaired) electrons. The first-order valence-corrected chi connectivity index (χ1v) is 10.9. The molecule has 4 aliphatic rings. The van der Waals surface area contributed by atoms with Gasteiger partial charge < -0.3 is 30.6 Å². The monoisotopic (exact) mass is 440 g/mol. The molecule has 0 bridgehead atoms. The average Bonchev–Trinajstić information content (AvgIpc) is 3.56. The van der Waals surface area contributed by atoms with E-state index in [1.807, 2.05) is 6.08 Å². The Hall–Kier alpha value is -2.32. The normalized spacial score (nSPS) is 22.7. The molecule has 172 valence electrons. The van der Waals surface area contributed by atoms with E-state index in [0.29, 0.717) is 5.57 Å². The topological polar surface area (TPSA) is 121 Å². The van der Waals surface area contributed by atoms with Gasteiger partial charge in [0.2, 0.25) is 0 Å². The third kappa shape index (κ3) is 4.86. The molecular formula is C26H32O6. The van der Waals surface area contributed by atoms with Crippen molar-refractivity contribution >= 4 is 0 Å². The van der Waals surface area contributed by atoms with Gasteiger partial charge in [0.1, 0.15) is 6.10 Å². The Morgan fingerprint density at radius 3 is 1.78 bits per heavy atom. The smallest absolute Gasteiger partial charge is 0.102 e. The lowest BCUT2D eigenvalue weighted by Gasteiger charge is -2.27. The third-order valence-corrected chi connectivity index (χ3v) is 6.32. The van der Waals surface area contributed by atoms with Crippen molar-refractivity contribution in [3.05, 3.63) is 93.7 Å². The molecule has 6 nitrogen and oxygen atoms in total. The maximum absolute atomic E-state index is 10.1. The molecule has 0 saturated heterocycles. The molecule has 0 aliphatic heterocycles.